The molecule has 27 heavy (non-hydrogen) atoms. The predicted molar refractivity (Wildman–Crippen MR) is 106 cm³/mol. The number of methoxy groups -OCH3 is 1. The third-order valence-corrected chi connectivity index (χ3v) is 4.55. The number of benzene rings is 2. The Hall–Kier alpha value is -3.05. The molecule has 138 valence electrons. The number of phenols is 1. The Balaban J connectivity index is 1.82. The van der Waals surface area contributed by atoms with E-state index in [0.717, 1.165) is 11.3 Å². The second-order valence-corrected chi connectivity index (χ2v) is 6.38. The Morgan fingerprint density at radius 1 is 1.26 bits per heavy atom. The Morgan fingerprint density at radius 2 is 2.00 bits per heavy atom. The first-order valence-corrected chi connectivity index (χ1v) is 8.73. The van der Waals surface area contributed by atoms with Crippen LogP contribution in [0.4, 0.5) is 0 Å². The van der Waals surface area contributed by atoms with E-state index in [1.165, 1.54) is 31.4 Å². The maximum absolute atomic E-state index is 12.4. The summed E-state index contributed by atoms with van der Waals surface area (Å²) in [5.41, 5.74) is 2.94. The van der Waals surface area contributed by atoms with Gasteiger partial charge in [-0.05, 0) is 42.8 Å². The van der Waals surface area contributed by atoms with E-state index in [9.17, 15) is 9.90 Å². The van der Waals surface area contributed by atoms with Crippen LogP contribution in [0.2, 0.25) is 5.15 Å². The fourth-order valence-electron chi connectivity index (χ4n) is 2.70. The number of ether oxygens (including phenoxy) is 1. The van der Waals surface area contributed by atoms with E-state index < -0.39 is 0 Å². The molecule has 0 spiro atoms. The second-order valence-electron chi connectivity index (χ2n) is 6.02. The molecule has 0 unspecified atom stereocenters. The van der Waals surface area contributed by atoms with Crippen molar-refractivity contribution in [2.75, 3.05) is 7.11 Å². The molecule has 0 aliphatic heterocycles. The SMILES string of the molecule is COc1cc(C(=O)/C=C/c2c(C)nn(Cc3ccccc3)c2Cl)ccc1O. The number of carbonyl (C=O) groups is 1. The van der Waals surface area contributed by atoms with Crippen LogP contribution in [0.1, 0.15) is 27.2 Å². The van der Waals surface area contributed by atoms with Crippen molar-refractivity contribution in [3.05, 3.63) is 82.1 Å². The molecule has 1 aromatic heterocycles. The molecule has 0 amide bonds. The highest BCUT2D eigenvalue weighted by Crippen LogP contribution is 2.27. The summed E-state index contributed by atoms with van der Waals surface area (Å²) in [4.78, 5) is 12.4. The summed E-state index contributed by atoms with van der Waals surface area (Å²) in [6.45, 7) is 2.40. The number of carbonyl (C=O) groups excluding carboxylic acids is 1. The molecule has 0 atom stereocenters. The summed E-state index contributed by atoms with van der Waals surface area (Å²) in [5.74, 6) is 0.0119. The zero-order chi connectivity index (χ0) is 19.4. The first kappa shape index (κ1) is 18.7. The minimum Gasteiger partial charge on any atom is -0.504 e. The lowest BCUT2D eigenvalue weighted by atomic mass is 10.1. The fraction of sp³-hybridized carbons (Fsp3) is 0.143. The summed E-state index contributed by atoms with van der Waals surface area (Å²) in [7, 11) is 1.43. The zero-order valence-electron chi connectivity index (χ0n) is 15.0. The van der Waals surface area contributed by atoms with Gasteiger partial charge in [-0.3, -0.25) is 4.79 Å². The third kappa shape index (κ3) is 4.20. The lowest BCUT2D eigenvalue weighted by Gasteiger charge is -2.04. The highest BCUT2D eigenvalue weighted by atomic mass is 35.5. The van der Waals surface area contributed by atoms with Crippen molar-refractivity contribution in [3.63, 3.8) is 0 Å². The Bertz CT molecular complexity index is 994. The first-order valence-electron chi connectivity index (χ1n) is 8.36. The number of halogens is 1. The highest BCUT2D eigenvalue weighted by molar-refractivity contribution is 6.31. The average Bonchev–Trinajstić information content (AvgIpc) is 2.94. The molecule has 5 nitrogen and oxygen atoms in total. The monoisotopic (exact) mass is 382 g/mol. The van der Waals surface area contributed by atoms with Crippen LogP contribution in [0, 0.1) is 6.92 Å². The Morgan fingerprint density at radius 3 is 2.70 bits per heavy atom. The number of aromatic nitrogens is 2. The van der Waals surface area contributed by atoms with E-state index in [-0.39, 0.29) is 17.3 Å². The summed E-state index contributed by atoms with van der Waals surface area (Å²) < 4.78 is 6.74. The van der Waals surface area contributed by atoms with Crippen molar-refractivity contribution in [2.24, 2.45) is 0 Å². The molecule has 6 heteroatoms. The number of phenolic OH excluding ortho intramolecular Hbond substituents is 1. The fourth-order valence-corrected chi connectivity index (χ4v) is 3.00. The summed E-state index contributed by atoms with van der Waals surface area (Å²) in [5, 5.41) is 14.6. The van der Waals surface area contributed by atoms with Crippen LogP contribution in [-0.2, 0) is 6.54 Å². The third-order valence-electron chi connectivity index (χ3n) is 4.15. The van der Waals surface area contributed by atoms with Crippen LogP contribution in [0.15, 0.2) is 54.6 Å². The number of ketones is 1. The van der Waals surface area contributed by atoms with Gasteiger partial charge < -0.3 is 9.84 Å². The molecular weight excluding hydrogens is 364 g/mol. The van der Waals surface area contributed by atoms with Crippen molar-refractivity contribution in [2.45, 2.75) is 13.5 Å². The highest BCUT2D eigenvalue weighted by Gasteiger charge is 2.13. The molecule has 0 bridgehead atoms. The molecule has 2 aromatic carbocycles. The summed E-state index contributed by atoms with van der Waals surface area (Å²) in [6, 6.07) is 14.4. The summed E-state index contributed by atoms with van der Waals surface area (Å²) >= 11 is 6.46. The summed E-state index contributed by atoms with van der Waals surface area (Å²) in [6.07, 6.45) is 3.10. The normalized spacial score (nSPS) is 11.1. The van der Waals surface area contributed by atoms with E-state index in [1.54, 1.807) is 10.8 Å². The number of rotatable bonds is 6. The number of aromatic hydroxyl groups is 1. The van der Waals surface area contributed by atoms with Gasteiger partial charge in [0, 0.05) is 11.1 Å². The van der Waals surface area contributed by atoms with Gasteiger partial charge in [-0.2, -0.15) is 5.10 Å². The van der Waals surface area contributed by atoms with Crippen LogP contribution >= 0.6 is 11.6 Å². The van der Waals surface area contributed by atoms with Gasteiger partial charge in [0.2, 0.25) is 0 Å². The van der Waals surface area contributed by atoms with E-state index in [1.807, 2.05) is 37.3 Å². The average molecular weight is 383 g/mol. The van der Waals surface area contributed by atoms with Crippen LogP contribution in [0.3, 0.4) is 0 Å². The Labute approximate surface area is 162 Å². The van der Waals surface area contributed by atoms with Crippen LogP contribution in [0.25, 0.3) is 6.08 Å². The Kier molecular flexibility index (Phi) is 5.62. The molecule has 0 saturated heterocycles. The van der Waals surface area contributed by atoms with Crippen molar-refractivity contribution in [1.82, 2.24) is 9.78 Å². The largest absolute Gasteiger partial charge is 0.504 e. The molecule has 1 heterocycles. The van der Waals surface area contributed by atoms with Gasteiger partial charge in [0.05, 0.1) is 19.3 Å². The molecule has 3 rings (SSSR count). The van der Waals surface area contributed by atoms with Crippen LogP contribution < -0.4 is 4.74 Å². The van der Waals surface area contributed by atoms with Crippen molar-refractivity contribution < 1.29 is 14.6 Å². The van der Waals surface area contributed by atoms with E-state index >= 15 is 0 Å². The standard InChI is InChI=1S/C21H19ClN2O3/c1-14-17(21(22)24(23-14)13-15-6-4-3-5-7-15)9-11-18(25)16-8-10-19(26)20(12-16)27-2/h3-12,26H,13H2,1-2H3/b11-9+. The second kappa shape index (κ2) is 8.10. The van der Waals surface area contributed by atoms with E-state index in [0.29, 0.717) is 22.8 Å². The smallest absolute Gasteiger partial charge is 0.185 e. The first-order chi connectivity index (χ1) is 13.0. The number of nitrogens with zero attached hydrogens (tertiary/aromatic N) is 2. The van der Waals surface area contributed by atoms with Gasteiger partial charge in [-0.1, -0.05) is 41.9 Å². The van der Waals surface area contributed by atoms with Crippen LogP contribution in [0.5, 0.6) is 11.5 Å². The van der Waals surface area contributed by atoms with Crippen molar-refractivity contribution >= 4 is 23.5 Å². The zero-order valence-corrected chi connectivity index (χ0v) is 15.8. The number of allylic oxidation sites excluding steroid dienone is 1. The molecule has 0 saturated carbocycles. The molecule has 1 N–H and O–H groups in total. The number of hydrogen-bond donors (Lipinski definition) is 1. The molecule has 0 radical (unpaired) electrons. The van der Waals surface area contributed by atoms with Gasteiger partial charge in [0.25, 0.3) is 0 Å². The quantitative estimate of drug-likeness (QED) is 0.503. The van der Waals surface area contributed by atoms with Crippen molar-refractivity contribution in [1.29, 1.82) is 0 Å². The minimum absolute atomic E-state index is 0.0147. The van der Waals surface area contributed by atoms with Crippen molar-refractivity contribution in [3.8, 4) is 11.5 Å². The van der Waals surface area contributed by atoms with Gasteiger partial charge >= 0.3 is 0 Å². The molecular formula is C21H19ClN2O3. The van der Waals surface area contributed by atoms with Gasteiger partial charge in [0.15, 0.2) is 17.3 Å². The topological polar surface area (TPSA) is 64.3 Å². The maximum Gasteiger partial charge on any atom is 0.185 e. The molecule has 0 aliphatic carbocycles. The van der Waals surface area contributed by atoms with E-state index in [4.69, 9.17) is 16.3 Å². The van der Waals surface area contributed by atoms with Gasteiger partial charge in [-0.15, -0.1) is 0 Å². The number of aryl methyl sites for hydroxylation is 1. The maximum atomic E-state index is 12.4. The molecule has 0 fully saturated rings. The lowest BCUT2D eigenvalue weighted by molar-refractivity contribution is 0.104. The van der Waals surface area contributed by atoms with Crippen LogP contribution in [-0.4, -0.2) is 27.8 Å². The van der Waals surface area contributed by atoms with Gasteiger partial charge in [-0.25, -0.2) is 4.68 Å². The van der Waals surface area contributed by atoms with E-state index in [2.05, 4.69) is 5.10 Å². The lowest BCUT2D eigenvalue weighted by Crippen LogP contribution is -2.01. The molecule has 0 aliphatic rings. The van der Waals surface area contributed by atoms with Gasteiger partial charge in [0.1, 0.15) is 5.15 Å². The minimum atomic E-state index is -0.223. The number of hydrogen-bond acceptors (Lipinski definition) is 4. The molecule has 3 aromatic rings. The predicted octanol–water partition coefficient (Wildman–Crippen LogP) is 4.50.